The van der Waals surface area contributed by atoms with E-state index in [-0.39, 0.29) is 18.0 Å². The number of carbonyl (C=O) groups is 2. The van der Waals surface area contributed by atoms with Crippen molar-refractivity contribution < 1.29 is 9.59 Å². The molecular formula is C9H17N3O2S. The maximum Gasteiger partial charge on any atom is 0.324 e. The molecule has 0 aromatic heterocycles. The van der Waals surface area contributed by atoms with E-state index in [0.29, 0.717) is 18.8 Å². The van der Waals surface area contributed by atoms with Gasteiger partial charge in [0.1, 0.15) is 0 Å². The molecule has 1 saturated heterocycles. The lowest BCUT2D eigenvalue weighted by Crippen LogP contribution is -2.35. The maximum absolute atomic E-state index is 11.5. The molecule has 0 spiro atoms. The molecule has 0 aromatic rings. The topological polar surface area (TPSA) is 75.4 Å². The van der Waals surface area contributed by atoms with Gasteiger partial charge in [0, 0.05) is 24.9 Å². The van der Waals surface area contributed by atoms with Gasteiger partial charge in [-0.2, -0.15) is 11.8 Å². The summed E-state index contributed by atoms with van der Waals surface area (Å²) >= 11 is 1.49. The van der Waals surface area contributed by atoms with Crippen LogP contribution < -0.4 is 11.1 Å². The van der Waals surface area contributed by atoms with Crippen LogP contribution in [0.5, 0.6) is 0 Å². The quantitative estimate of drug-likeness (QED) is 0.699. The Morgan fingerprint density at radius 2 is 2.47 bits per heavy atom. The number of rotatable bonds is 5. The van der Waals surface area contributed by atoms with E-state index < -0.39 is 0 Å². The van der Waals surface area contributed by atoms with Gasteiger partial charge >= 0.3 is 6.03 Å². The predicted octanol–water partition coefficient (Wildman–Crippen LogP) is 0.00870. The van der Waals surface area contributed by atoms with Gasteiger partial charge in [-0.05, 0) is 6.42 Å². The van der Waals surface area contributed by atoms with Crippen molar-refractivity contribution in [2.45, 2.75) is 19.4 Å². The highest BCUT2D eigenvalue weighted by atomic mass is 32.2. The summed E-state index contributed by atoms with van der Waals surface area (Å²) < 4.78 is 0. The molecule has 1 aliphatic rings. The fraction of sp³-hybridized carbons (Fsp3) is 0.778. The number of hydrogen-bond donors (Lipinski definition) is 2. The van der Waals surface area contributed by atoms with Crippen molar-refractivity contribution in [1.29, 1.82) is 0 Å². The second kappa shape index (κ2) is 5.97. The van der Waals surface area contributed by atoms with Crippen molar-refractivity contribution in [3.8, 4) is 0 Å². The van der Waals surface area contributed by atoms with Gasteiger partial charge in [-0.15, -0.1) is 0 Å². The van der Waals surface area contributed by atoms with E-state index in [0.717, 1.165) is 12.2 Å². The third-order valence-corrected chi connectivity index (χ3v) is 3.35. The summed E-state index contributed by atoms with van der Waals surface area (Å²) in [4.78, 5) is 23.9. The summed E-state index contributed by atoms with van der Waals surface area (Å²) in [6.07, 6.45) is 0.908. The first kappa shape index (κ1) is 12.3. The number of urea groups is 1. The molecule has 1 atom stereocenters. The van der Waals surface area contributed by atoms with Crippen molar-refractivity contribution in [3.63, 3.8) is 0 Å². The Hall–Kier alpha value is -0.750. The van der Waals surface area contributed by atoms with Gasteiger partial charge < -0.3 is 11.1 Å². The fourth-order valence-electron chi connectivity index (χ4n) is 1.20. The van der Waals surface area contributed by atoms with E-state index in [1.807, 2.05) is 6.92 Å². The molecule has 0 aromatic carbocycles. The molecule has 0 bridgehead atoms. The molecule has 86 valence electrons. The van der Waals surface area contributed by atoms with Gasteiger partial charge in [0.25, 0.3) is 0 Å². The highest BCUT2D eigenvalue weighted by molar-refractivity contribution is 8.00. The first-order valence-electron chi connectivity index (χ1n) is 5.06. The summed E-state index contributed by atoms with van der Waals surface area (Å²) in [6.45, 7) is 3.06. The molecule has 1 rings (SSSR count). The number of thioether (sulfide) groups is 1. The number of nitrogens with one attached hydrogen (secondary N) is 1. The van der Waals surface area contributed by atoms with Crippen LogP contribution in [0.1, 0.15) is 13.3 Å². The van der Waals surface area contributed by atoms with Crippen LogP contribution in [0.4, 0.5) is 4.79 Å². The molecule has 1 aliphatic heterocycles. The van der Waals surface area contributed by atoms with E-state index in [4.69, 9.17) is 5.73 Å². The monoisotopic (exact) mass is 231 g/mol. The van der Waals surface area contributed by atoms with E-state index >= 15 is 0 Å². The number of nitrogens with two attached hydrogens (primary N) is 1. The lowest BCUT2D eigenvalue weighted by molar-refractivity contribution is -0.124. The second-order valence-corrected chi connectivity index (χ2v) is 4.49. The van der Waals surface area contributed by atoms with Gasteiger partial charge in [0.05, 0.1) is 5.75 Å². The van der Waals surface area contributed by atoms with Crippen molar-refractivity contribution >= 4 is 23.7 Å². The first-order valence-corrected chi connectivity index (χ1v) is 6.22. The molecule has 5 nitrogen and oxygen atoms in total. The number of hydrogen-bond acceptors (Lipinski definition) is 4. The van der Waals surface area contributed by atoms with Crippen molar-refractivity contribution in [1.82, 2.24) is 10.2 Å². The Kier molecular flexibility index (Phi) is 4.90. The first-order chi connectivity index (χ1) is 7.15. The molecule has 1 fully saturated rings. The Labute approximate surface area is 93.7 Å². The van der Waals surface area contributed by atoms with Gasteiger partial charge in [-0.25, -0.2) is 4.79 Å². The molecule has 3 N–H and O–H groups in total. The number of carbonyl (C=O) groups excluding carboxylic acids is 2. The number of imide groups is 1. The Morgan fingerprint density at radius 1 is 1.73 bits per heavy atom. The minimum Gasteiger partial charge on any atom is -0.336 e. The van der Waals surface area contributed by atoms with Gasteiger partial charge in [-0.3, -0.25) is 9.69 Å². The summed E-state index contributed by atoms with van der Waals surface area (Å²) in [7, 11) is 0. The lowest BCUT2D eigenvalue weighted by atomic mass is 10.3. The third kappa shape index (κ3) is 3.71. The molecule has 3 amide bonds. The minimum absolute atomic E-state index is 0.127. The van der Waals surface area contributed by atoms with Crippen LogP contribution in [0.15, 0.2) is 0 Å². The third-order valence-electron chi connectivity index (χ3n) is 2.24. The average Bonchev–Trinajstić information content (AvgIpc) is 2.64. The second-order valence-electron chi connectivity index (χ2n) is 3.46. The van der Waals surface area contributed by atoms with E-state index in [9.17, 15) is 9.59 Å². The summed E-state index contributed by atoms with van der Waals surface area (Å²) in [5, 5.41) is 2.59. The molecule has 6 heteroatoms. The summed E-state index contributed by atoms with van der Waals surface area (Å²) in [6, 6.07) is -0.143. The predicted molar refractivity (Wildman–Crippen MR) is 60.7 cm³/mol. The standard InChI is InChI=1S/C9H17N3O2S/c1-2-7(10)5-15-6-8(13)12-4-3-11-9(12)14/h7H,2-6,10H2,1H3,(H,11,14). The Bertz CT molecular complexity index is 248. The van der Waals surface area contributed by atoms with Crippen LogP contribution in [0.2, 0.25) is 0 Å². The Balaban J connectivity index is 2.21. The summed E-state index contributed by atoms with van der Waals surface area (Å²) in [5.74, 6) is 0.969. The van der Waals surface area contributed by atoms with Crippen LogP contribution >= 0.6 is 11.8 Å². The van der Waals surface area contributed by atoms with Crippen LogP contribution in [0.3, 0.4) is 0 Å². The molecular weight excluding hydrogens is 214 g/mol. The molecule has 15 heavy (non-hydrogen) atoms. The van der Waals surface area contributed by atoms with Crippen LogP contribution in [0, 0.1) is 0 Å². The molecule has 0 saturated carbocycles. The largest absolute Gasteiger partial charge is 0.336 e. The highest BCUT2D eigenvalue weighted by Gasteiger charge is 2.25. The average molecular weight is 231 g/mol. The van der Waals surface area contributed by atoms with Crippen LogP contribution in [0.25, 0.3) is 0 Å². The van der Waals surface area contributed by atoms with Crippen molar-refractivity contribution in [2.24, 2.45) is 5.73 Å². The Morgan fingerprint density at radius 3 is 3.00 bits per heavy atom. The normalized spacial score (nSPS) is 17.7. The van der Waals surface area contributed by atoms with Crippen LogP contribution in [-0.4, -0.2) is 47.5 Å². The highest BCUT2D eigenvalue weighted by Crippen LogP contribution is 2.07. The fourth-order valence-corrected chi connectivity index (χ4v) is 2.19. The zero-order valence-electron chi connectivity index (χ0n) is 8.86. The number of nitrogens with zero attached hydrogens (tertiary/aromatic N) is 1. The maximum atomic E-state index is 11.5. The van der Waals surface area contributed by atoms with Crippen molar-refractivity contribution in [3.05, 3.63) is 0 Å². The molecule has 0 aliphatic carbocycles. The number of amides is 3. The van der Waals surface area contributed by atoms with E-state index in [1.165, 1.54) is 16.7 Å². The zero-order valence-corrected chi connectivity index (χ0v) is 9.68. The molecule has 1 unspecified atom stereocenters. The summed E-state index contributed by atoms with van der Waals surface area (Å²) in [5.41, 5.74) is 5.71. The van der Waals surface area contributed by atoms with E-state index in [2.05, 4.69) is 5.32 Å². The SMILES string of the molecule is CCC(N)CSCC(=O)N1CCNC1=O. The smallest absolute Gasteiger partial charge is 0.324 e. The van der Waals surface area contributed by atoms with Crippen LogP contribution in [-0.2, 0) is 4.79 Å². The van der Waals surface area contributed by atoms with Gasteiger partial charge in [-0.1, -0.05) is 6.92 Å². The molecule has 0 radical (unpaired) electrons. The zero-order chi connectivity index (χ0) is 11.3. The van der Waals surface area contributed by atoms with Gasteiger partial charge in [0.2, 0.25) is 5.91 Å². The van der Waals surface area contributed by atoms with E-state index in [1.54, 1.807) is 0 Å². The lowest BCUT2D eigenvalue weighted by Gasteiger charge is -2.12. The van der Waals surface area contributed by atoms with Crippen molar-refractivity contribution in [2.75, 3.05) is 24.6 Å². The minimum atomic E-state index is -0.277. The molecule has 1 heterocycles. The van der Waals surface area contributed by atoms with Gasteiger partial charge in [0.15, 0.2) is 0 Å².